The first-order valence-corrected chi connectivity index (χ1v) is 9.58. The number of rotatable bonds is 1. The second kappa shape index (κ2) is 7.06. The van der Waals surface area contributed by atoms with Gasteiger partial charge in [-0.25, -0.2) is 14.2 Å². The zero-order valence-electron chi connectivity index (χ0n) is 15.9. The molecule has 2 aromatic rings. The largest absolute Gasteiger partial charge is 0.444 e. The van der Waals surface area contributed by atoms with Gasteiger partial charge in [-0.3, -0.25) is 0 Å². The number of aromatic nitrogens is 1. The van der Waals surface area contributed by atoms with Crippen molar-refractivity contribution in [2.24, 2.45) is 0 Å². The number of piperazine rings is 1. The van der Waals surface area contributed by atoms with Crippen molar-refractivity contribution in [3.05, 3.63) is 23.5 Å². The number of anilines is 1. The van der Waals surface area contributed by atoms with Gasteiger partial charge in [0.2, 0.25) is 0 Å². The molecule has 0 N–H and O–H groups in total. The normalized spacial score (nSPS) is 18.6. The maximum absolute atomic E-state index is 13.8. The number of carbonyl (C=O) groups excluding carboxylic acids is 1. The monoisotopic (exact) mass is 419 g/mol. The number of hydrogen-bond acceptors (Lipinski definition) is 5. The van der Waals surface area contributed by atoms with Gasteiger partial charge < -0.3 is 14.5 Å². The molecule has 2 heterocycles. The summed E-state index contributed by atoms with van der Waals surface area (Å²) in [6, 6.07) is 1.50. The predicted molar refractivity (Wildman–Crippen MR) is 99.2 cm³/mol. The van der Waals surface area contributed by atoms with Crippen molar-refractivity contribution < 1.29 is 27.1 Å². The summed E-state index contributed by atoms with van der Waals surface area (Å²) >= 11 is 1.08. The van der Waals surface area contributed by atoms with E-state index in [9.17, 15) is 22.4 Å². The fraction of sp³-hybridized carbons (Fsp3) is 0.556. The molecule has 1 aromatic heterocycles. The van der Waals surface area contributed by atoms with Crippen LogP contribution < -0.4 is 4.90 Å². The maximum atomic E-state index is 13.8. The predicted octanol–water partition coefficient (Wildman–Crippen LogP) is 4.90. The molecule has 1 aliphatic heterocycles. The molecule has 154 valence electrons. The molecule has 5 nitrogen and oxygen atoms in total. The smallest absolute Gasteiger partial charge is 0.419 e. The van der Waals surface area contributed by atoms with Crippen LogP contribution in [0.1, 0.15) is 33.3 Å². The Morgan fingerprint density at radius 1 is 1.25 bits per heavy atom. The van der Waals surface area contributed by atoms with Gasteiger partial charge in [0.1, 0.15) is 11.4 Å². The highest BCUT2D eigenvalue weighted by Crippen LogP contribution is 2.37. The fourth-order valence-corrected chi connectivity index (χ4v) is 4.13. The lowest BCUT2D eigenvalue weighted by molar-refractivity contribution is -0.139. The van der Waals surface area contributed by atoms with E-state index in [0.29, 0.717) is 24.8 Å². The summed E-state index contributed by atoms with van der Waals surface area (Å²) in [6.07, 6.45) is -5.16. The molecule has 1 aromatic carbocycles. The van der Waals surface area contributed by atoms with Crippen LogP contribution in [0.3, 0.4) is 0 Å². The van der Waals surface area contributed by atoms with Gasteiger partial charge in [-0.2, -0.15) is 13.2 Å². The third-order valence-corrected chi connectivity index (χ3v) is 5.35. The molecule has 1 atom stereocenters. The van der Waals surface area contributed by atoms with Crippen LogP contribution in [0.2, 0.25) is 0 Å². The zero-order valence-corrected chi connectivity index (χ0v) is 16.7. The van der Waals surface area contributed by atoms with Crippen molar-refractivity contribution >= 4 is 32.8 Å². The number of amides is 1. The lowest BCUT2D eigenvalue weighted by Gasteiger charge is -2.40. The van der Waals surface area contributed by atoms with Crippen LogP contribution in [0, 0.1) is 5.82 Å². The van der Waals surface area contributed by atoms with Crippen LogP contribution in [0.25, 0.3) is 10.2 Å². The number of carbonyl (C=O) groups is 1. The van der Waals surface area contributed by atoms with Crippen molar-refractivity contribution in [3.63, 3.8) is 0 Å². The van der Waals surface area contributed by atoms with Crippen LogP contribution in [0.4, 0.5) is 27.5 Å². The van der Waals surface area contributed by atoms with E-state index < -0.39 is 29.3 Å². The second-order valence-electron chi connectivity index (χ2n) is 7.76. The highest BCUT2D eigenvalue weighted by Gasteiger charge is 2.35. The Hall–Kier alpha value is -2.10. The fourth-order valence-electron chi connectivity index (χ4n) is 3.01. The van der Waals surface area contributed by atoms with Gasteiger partial charge in [-0.15, -0.1) is 0 Å². The highest BCUT2D eigenvalue weighted by atomic mass is 32.1. The van der Waals surface area contributed by atoms with Crippen LogP contribution in [-0.4, -0.2) is 47.3 Å². The number of alkyl halides is 3. The Bertz CT molecular complexity index is 891. The molecule has 28 heavy (non-hydrogen) atoms. The summed E-state index contributed by atoms with van der Waals surface area (Å²) in [5.74, 6) is -1.33. The first-order chi connectivity index (χ1) is 12.8. The average Bonchev–Trinajstić information content (AvgIpc) is 2.93. The minimum atomic E-state index is -4.76. The maximum Gasteiger partial charge on any atom is 0.419 e. The molecule has 0 saturated carbocycles. The molecule has 1 unspecified atom stereocenters. The van der Waals surface area contributed by atoms with E-state index in [0.717, 1.165) is 23.5 Å². The van der Waals surface area contributed by atoms with Gasteiger partial charge in [0, 0.05) is 31.7 Å². The zero-order chi connectivity index (χ0) is 20.9. The van der Waals surface area contributed by atoms with Crippen molar-refractivity contribution in [3.8, 4) is 0 Å². The topological polar surface area (TPSA) is 45.7 Å². The molecule has 1 amide bonds. The van der Waals surface area contributed by atoms with E-state index in [-0.39, 0.29) is 16.3 Å². The number of benzene rings is 1. The molecule has 3 rings (SSSR count). The Labute approximate surface area is 163 Å². The Kier molecular flexibility index (Phi) is 5.20. The van der Waals surface area contributed by atoms with E-state index in [1.54, 1.807) is 25.7 Å². The van der Waals surface area contributed by atoms with Crippen molar-refractivity contribution in [2.75, 3.05) is 24.5 Å². The quantitative estimate of drug-likeness (QED) is 0.617. The van der Waals surface area contributed by atoms with Crippen molar-refractivity contribution in [1.82, 2.24) is 9.88 Å². The Morgan fingerprint density at radius 2 is 1.93 bits per heavy atom. The summed E-state index contributed by atoms with van der Waals surface area (Å²) in [7, 11) is 0. The van der Waals surface area contributed by atoms with E-state index in [4.69, 9.17) is 4.74 Å². The summed E-state index contributed by atoms with van der Waals surface area (Å²) in [5.41, 5.74) is -1.70. The summed E-state index contributed by atoms with van der Waals surface area (Å²) < 4.78 is 58.2. The third-order valence-electron chi connectivity index (χ3n) is 4.30. The third kappa shape index (κ3) is 4.31. The van der Waals surface area contributed by atoms with Gasteiger partial charge >= 0.3 is 12.3 Å². The van der Waals surface area contributed by atoms with E-state index >= 15 is 0 Å². The SMILES string of the molecule is CC1CN(C(=O)OC(C)(C)C)CCN1c1nc2cc(F)c(C(F)(F)F)cc2s1. The number of halogens is 4. The molecular formula is C18H21F4N3O2S. The van der Waals surface area contributed by atoms with Gasteiger partial charge in [-0.05, 0) is 33.8 Å². The Morgan fingerprint density at radius 3 is 2.50 bits per heavy atom. The average molecular weight is 419 g/mol. The lowest BCUT2D eigenvalue weighted by atomic mass is 10.2. The summed E-state index contributed by atoms with van der Waals surface area (Å²) in [6.45, 7) is 8.52. The molecule has 0 aliphatic carbocycles. The van der Waals surface area contributed by atoms with E-state index in [1.807, 2.05) is 11.8 Å². The van der Waals surface area contributed by atoms with Crippen LogP contribution >= 0.6 is 11.3 Å². The van der Waals surface area contributed by atoms with Crippen LogP contribution in [0.15, 0.2) is 12.1 Å². The van der Waals surface area contributed by atoms with Crippen molar-refractivity contribution in [1.29, 1.82) is 0 Å². The van der Waals surface area contributed by atoms with Crippen LogP contribution in [0.5, 0.6) is 0 Å². The number of thiazole rings is 1. The van der Waals surface area contributed by atoms with E-state index in [1.165, 1.54) is 0 Å². The first-order valence-electron chi connectivity index (χ1n) is 8.77. The summed E-state index contributed by atoms with van der Waals surface area (Å²) in [4.78, 5) is 20.1. The Balaban J connectivity index is 1.79. The number of nitrogens with zero attached hydrogens (tertiary/aromatic N) is 3. The number of fused-ring (bicyclic) bond motifs is 1. The van der Waals surface area contributed by atoms with Crippen molar-refractivity contribution in [2.45, 2.75) is 45.5 Å². The molecule has 0 bridgehead atoms. The molecule has 10 heteroatoms. The molecule has 1 saturated heterocycles. The van der Waals surface area contributed by atoms with Gasteiger partial charge in [0.25, 0.3) is 0 Å². The van der Waals surface area contributed by atoms with E-state index in [2.05, 4.69) is 4.98 Å². The molecule has 1 fully saturated rings. The standard InChI is InChI=1S/C18H21F4N3O2S/c1-10-9-24(16(26)27-17(2,3)4)5-6-25(10)15-23-13-8-12(19)11(18(20,21)22)7-14(13)28-15/h7-8,10H,5-6,9H2,1-4H3. The molecule has 1 aliphatic rings. The van der Waals surface area contributed by atoms with Gasteiger partial charge in [0.15, 0.2) is 5.13 Å². The molecular weight excluding hydrogens is 398 g/mol. The minimum Gasteiger partial charge on any atom is -0.444 e. The molecule has 0 spiro atoms. The number of hydrogen-bond donors (Lipinski definition) is 0. The highest BCUT2D eigenvalue weighted by molar-refractivity contribution is 7.22. The second-order valence-corrected chi connectivity index (χ2v) is 8.77. The summed E-state index contributed by atoms with van der Waals surface area (Å²) in [5, 5.41) is 0.505. The molecule has 0 radical (unpaired) electrons. The van der Waals surface area contributed by atoms with Gasteiger partial charge in [-0.1, -0.05) is 11.3 Å². The minimum absolute atomic E-state index is 0.117. The lowest BCUT2D eigenvalue weighted by Crippen LogP contribution is -2.54. The first kappa shape index (κ1) is 20.6. The number of ether oxygens (including phenoxy) is 1. The van der Waals surface area contributed by atoms with Gasteiger partial charge in [0.05, 0.1) is 15.8 Å². The van der Waals surface area contributed by atoms with Crippen LogP contribution in [-0.2, 0) is 10.9 Å².